The van der Waals surface area contributed by atoms with Gasteiger partial charge in [0, 0.05) is 30.3 Å². The summed E-state index contributed by atoms with van der Waals surface area (Å²) in [5.74, 6) is 0.741. The van der Waals surface area contributed by atoms with Crippen LogP contribution >= 0.6 is 0 Å². The van der Waals surface area contributed by atoms with Gasteiger partial charge in [-0.15, -0.1) is 0 Å². The summed E-state index contributed by atoms with van der Waals surface area (Å²) in [5, 5.41) is 8.54. The summed E-state index contributed by atoms with van der Waals surface area (Å²) < 4.78 is 5.36. The number of rotatable bonds is 6. The Bertz CT molecular complexity index is 722. The van der Waals surface area contributed by atoms with Crippen molar-refractivity contribution in [3.8, 4) is 11.3 Å². The molecule has 26 heavy (non-hydrogen) atoms. The van der Waals surface area contributed by atoms with Crippen LogP contribution in [0.1, 0.15) is 38.5 Å². The van der Waals surface area contributed by atoms with Crippen molar-refractivity contribution in [3.63, 3.8) is 0 Å². The van der Waals surface area contributed by atoms with E-state index in [1.165, 1.54) is 19.3 Å². The highest BCUT2D eigenvalue weighted by Gasteiger charge is 2.15. The molecule has 0 unspecified atom stereocenters. The Morgan fingerprint density at radius 1 is 1.08 bits per heavy atom. The van der Waals surface area contributed by atoms with Crippen molar-refractivity contribution < 1.29 is 14.0 Å². The molecule has 3 amide bonds. The van der Waals surface area contributed by atoms with Crippen LogP contribution in [-0.4, -0.2) is 24.5 Å². The fourth-order valence-electron chi connectivity index (χ4n) is 3.20. The minimum absolute atomic E-state index is 0.00276. The van der Waals surface area contributed by atoms with Gasteiger partial charge in [0.15, 0.2) is 0 Å². The Labute approximate surface area is 153 Å². The van der Waals surface area contributed by atoms with E-state index in [9.17, 15) is 9.59 Å². The van der Waals surface area contributed by atoms with Crippen LogP contribution in [0.15, 0.2) is 47.1 Å². The van der Waals surface area contributed by atoms with Crippen LogP contribution in [0, 0.1) is 0 Å². The van der Waals surface area contributed by atoms with Gasteiger partial charge in [0.1, 0.15) is 5.76 Å². The van der Waals surface area contributed by atoms with Gasteiger partial charge in [-0.2, -0.15) is 0 Å². The largest absolute Gasteiger partial charge is 0.464 e. The first kappa shape index (κ1) is 18.0. The molecule has 3 N–H and O–H groups in total. The normalized spacial score (nSPS) is 14.6. The van der Waals surface area contributed by atoms with Crippen LogP contribution in [0.4, 0.5) is 10.5 Å². The maximum Gasteiger partial charge on any atom is 0.319 e. The van der Waals surface area contributed by atoms with E-state index in [2.05, 4.69) is 16.0 Å². The second kappa shape index (κ2) is 9.08. The third-order valence-electron chi connectivity index (χ3n) is 4.53. The molecule has 1 aromatic carbocycles. The van der Waals surface area contributed by atoms with Crippen LogP contribution in [0.25, 0.3) is 11.3 Å². The molecule has 0 radical (unpaired) electrons. The van der Waals surface area contributed by atoms with Gasteiger partial charge in [-0.25, -0.2) is 4.79 Å². The van der Waals surface area contributed by atoms with Gasteiger partial charge in [0.25, 0.3) is 0 Å². The predicted molar refractivity (Wildman–Crippen MR) is 101 cm³/mol. The van der Waals surface area contributed by atoms with E-state index in [1.807, 2.05) is 36.4 Å². The average Bonchev–Trinajstić information content (AvgIpc) is 3.17. The van der Waals surface area contributed by atoms with Crippen LogP contribution < -0.4 is 16.0 Å². The molecule has 1 aromatic heterocycles. The summed E-state index contributed by atoms with van der Waals surface area (Å²) >= 11 is 0. The second-order valence-corrected chi connectivity index (χ2v) is 6.59. The van der Waals surface area contributed by atoms with E-state index in [1.54, 1.807) is 6.26 Å². The van der Waals surface area contributed by atoms with Crippen molar-refractivity contribution in [1.29, 1.82) is 0 Å². The van der Waals surface area contributed by atoms with Gasteiger partial charge in [0.2, 0.25) is 5.91 Å². The number of amides is 3. The molecule has 6 nitrogen and oxygen atoms in total. The smallest absolute Gasteiger partial charge is 0.319 e. The third-order valence-corrected chi connectivity index (χ3v) is 4.53. The Hall–Kier alpha value is -2.76. The fourth-order valence-corrected chi connectivity index (χ4v) is 3.20. The summed E-state index contributed by atoms with van der Waals surface area (Å²) in [7, 11) is 0. The van der Waals surface area contributed by atoms with E-state index in [0.717, 1.165) is 24.2 Å². The molecular weight excluding hydrogens is 330 g/mol. The van der Waals surface area contributed by atoms with E-state index >= 15 is 0 Å². The predicted octanol–water partition coefficient (Wildman–Crippen LogP) is 3.91. The molecule has 138 valence electrons. The standard InChI is InChI=1S/C20H25N3O3/c24-19(22-16-7-2-1-3-8-16)11-12-21-20(25)23-17-9-4-6-15(14-17)18-10-5-13-26-18/h4-6,9-10,13-14,16H,1-3,7-8,11-12H2,(H,22,24)(H2,21,23,25). The number of hydrogen-bond acceptors (Lipinski definition) is 3. The molecular formula is C20H25N3O3. The summed E-state index contributed by atoms with van der Waals surface area (Å²) in [4.78, 5) is 23.9. The van der Waals surface area contributed by atoms with Gasteiger partial charge >= 0.3 is 6.03 Å². The Balaban J connectivity index is 1.40. The lowest BCUT2D eigenvalue weighted by Crippen LogP contribution is -2.38. The number of urea groups is 1. The molecule has 0 aliphatic heterocycles. The third kappa shape index (κ3) is 5.37. The first-order valence-corrected chi connectivity index (χ1v) is 9.19. The Morgan fingerprint density at radius 2 is 1.92 bits per heavy atom. The van der Waals surface area contributed by atoms with Gasteiger partial charge in [-0.05, 0) is 37.1 Å². The zero-order valence-corrected chi connectivity index (χ0v) is 14.8. The minimum atomic E-state index is -0.327. The fraction of sp³-hybridized carbons (Fsp3) is 0.400. The molecule has 1 aliphatic carbocycles. The Morgan fingerprint density at radius 3 is 2.69 bits per heavy atom. The average molecular weight is 355 g/mol. The molecule has 0 bridgehead atoms. The number of carbonyl (C=O) groups is 2. The number of furan rings is 1. The van der Waals surface area contributed by atoms with Crippen molar-refractivity contribution in [2.75, 3.05) is 11.9 Å². The van der Waals surface area contributed by atoms with Crippen LogP contribution in [0.2, 0.25) is 0 Å². The highest BCUT2D eigenvalue weighted by molar-refractivity contribution is 5.90. The number of nitrogens with one attached hydrogen (secondary N) is 3. The molecule has 0 atom stereocenters. The minimum Gasteiger partial charge on any atom is -0.464 e. The zero-order valence-electron chi connectivity index (χ0n) is 14.8. The molecule has 0 spiro atoms. The maximum atomic E-state index is 12.0. The summed E-state index contributed by atoms with van der Waals surface area (Å²) in [6.07, 6.45) is 7.65. The summed E-state index contributed by atoms with van der Waals surface area (Å²) in [5.41, 5.74) is 1.56. The van der Waals surface area contributed by atoms with Gasteiger partial charge < -0.3 is 20.4 Å². The number of hydrogen-bond donors (Lipinski definition) is 3. The lowest BCUT2D eigenvalue weighted by atomic mass is 9.95. The quantitative estimate of drug-likeness (QED) is 0.735. The second-order valence-electron chi connectivity index (χ2n) is 6.59. The SMILES string of the molecule is O=C(CCNC(=O)Nc1cccc(-c2ccco2)c1)NC1CCCCC1. The first-order valence-electron chi connectivity index (χ1n) is 9.19. The molecule has 1 aliphatic rings. The van der Waals surface area contributed by atoms with E-state index in [-0.39, 0.29) is 18.4 Å². The first-order chi connectivity index (χ1) is 12.7. The van der Waals surface area contributed by atoms with Crippen molar-refractivity contribution in [2.45, 2.75) is 44.6 Å². The number of carbonyl (C=O) groups excluding carboxylic acids is 2. The van der Waals surface area contributed by atoms with Crippen molar-refractivity contribution in [2.24, 2.45) is 0 Å². The van der Waals surface area contributed by atoms with Crippen molar-refractivity contribution in [3.05, 3.63) is 42.7 Å². The number of anilines is 1. The molecule has 0 saturated heterocycles. The molecule has 1 heterocycles. The highest BCUT2D eigenvalue weighted by Crippen LogP contribution is 2.22. The number of benzene rings is 1. The highest BCUT2D eigenvalue weighted by atomic mass is 16.3. The van der Waals surface area contributed by atoms with E-state index in [4.69, 9.17) is 4.42 Å². The molecule has 1 fully saturated rings. The van der Waals surface area contributed by atoms with Gasteiger partial charge in [-0.1, -0.05) is 31.4 Å². The van der Waals surface area contributed by atoms with Crippen LogP contribution in [0.5, 0.6) is 0 Å². The van der Waals surface area contributed by atoms with Crippen molar-refractivity contribution >= 4 is 17.6 Å². The Kier molecular flexibility index (Phi) is 6.30. The molecule has 3 rings (SSSR count). The maximum absolute atomic E-state index is 12.0. The van der Waals surface area contributed by atoms with Gasteiger partial charge in [0.05, 0.1) is 6.26 Å². The van der Waals surface area contributed by atoms with Crippen LogP contribution in [-0.2, 0) is 4.79 Å². The summed E-state index contributed by atoms with van der Waals surface area (Å²) in [6, 6.07) is 11.1. The lowest BCUT2D eigenvalue weighted by Gasteiger charge is -2.22. The zero-order chi connectivity index (χ0) is 18.2. The molecule has 2 aromatic rings. The lowest BCUT2D eigenvalue weighted by molar-refractivity contribution is -0.121. The topological polar surface area (TPSA) is 83.4 Å². The van der Waals surface area contributed by atoms with Crippen LogP contribution in [0.3, 0.4) is 0 Å². The molecule has 6 heteroatoms. The molecule has 1 saturated carbocycles. The van der Waals surface area contributed by atoms with Crippen molar-refractivity contribution in [1.82, 2.24) is 10.6 Å². The van der Waals surface area contributed by atoms with E-state index in [0.29, 0.717) is 18.3 Å². The monoisotopic (exact) mass is 355 g/mol. The summed E-state index contributed by atoms with van der Waals surface area (Å²) in [6.45, 7) is 0.308. The van der Waals surface area contributed by atoms with E-state index < -0.39 is 0 Å². The van der Waals surface area contributed by atoms with Gasteiger partial charge in [-0.3, -0.25) is 4.79 Å².